The minimum atomic E-state index is -3.64. The molecule has 1 aliphatic heterocycles. The van der Waals surface area contributed by atoms with Crippen LogP contribution in [0.2, 0.25) is 0 Å². The Balaban J connectivity index is 2.00. The molecule has 6 nitrogen and oxygen atoms in total. The lowest BCUT2D eigenvalue weighted by atomic mass is 10.1. The number of nitrogen functional groups attached to an aromatic ring is 1. The van der Waals surface area contributed by atoms with Crippen molar-refractivity contribution in [2.24, 2.45) is 0 Å². The third kappa shape index (κ3) is 2.86. The van der Waals surface area contributed by atoms with Crippen LogP contribution in [0.5, 0.6) is 0 Å². The molecular weight excluding hydrogens is 290 g/mol. The lowest BCUT2D eigenvalue weighted by molar-refractivity contribution is 0.0272. The molecule has 0 aromatic heterocycles. The minimum absolute atomic E-state index is 0.235. The first kappa shape index (κ1) is 14.3. The maximum atomic E-state index is 12.6. The Morgan fingerprint density at radius 2 is 1.71 bits per heavy atom. The van der Waals surface area contributed by atoms with Crippen LogP contribution in [-0.2, 0) is 14.8 Å². The number of nitrogens with two attached hydrogens (primary N) is 1. The zero-order valence-electron chi connectivity index (χ0n) is 11.5. The lowest BCUT2D eigenvalue weighted by Crippen LogP contribution is -2.48. The average molecular weight is 307 g/mol. The molecule has 0 bridgehead atoms. The van der Waals surface area contributed by atoms with E-state index in [1.54, 1.807) is 29.3 Å². The fourth-order valence-corrected chi connectivity index (χ4v) is 3.74. The van der Waals surface area contributed by atoms with E-state index < -0.39 is 10.0 Å². The first-order valence-corrected chi connectivity index (χ1v) is 8.18. The Morgan fingerprint density at radius 3 is 2.43 bits per heavy atom. The molecule has 0 aliphatic carbocycles. The van der Waals surface area contributed by atoms with E-state index in [-0.39, 0.29) is 4.90 Å². The van der Waals surface area contributed by atoms with Gasteiger partial charge in [0.1, 0.15) is 0 Å². The summed E-state index contributed by atoms with van der Waals surface area (Å²) in [6, 6.07) is 10.4. The van der Waals surface area contributed by atoms with E-state index in [0.29, 0.717) is 37.4 Å². The Hall–Kier alpha value is -1.67. The molecule has 7 heteroatoms. The van der Waals surface area contributed by atoms with Gasteiger partial charge in [-0.25, -0.2) is 13.4 Å². The van der Waals surface area contributed by atoms with Crippen molar-refractivity contribution in [3.63, 3.8) is 0 Å². The van der Waals surface area contributed by atoms with Gasteiger partial charge >= 0.3 is 0 Å². The van der Waals surface area contributed by atoms with Crippen LogP contribution in [0.1, 0.15) is 0 Å². The highest BCUT2D eigenvalue weighted by Gasteiger charge is 2.22. The zero-order chi connectivity index (χ0) is 14.9. The van der Waals surface area contributed by atoms with E-state index >= 15 is 0 Å². The van der Waals surface area contributed by atoms with E-state index in [9.17, 15) is 8.42 Å². The minimum Gasteiger partial charge on any atom is -0.398 e. The first-order valence-electron chi connectivity index (χ1n) is 6.70. The highest BCUT2D eigenvalue weighted by molar-refractivity contribution is 7.89. The van der Waals surface area contributed by atoms with E-state index in [4.69, 9.17) is 10.5 Å². The standard InChI is InChI=1S/C14H17N3O3S/c15-13-5-6-14(12-4-2-1-3-11(12)13)21(18,19)16-17-7-9-20-10-8-17/h1-6,16H,7-10,15H2. The van der Waals surface area contributed by atoms with Crippen molar-refractivity contribution >= 4 is 26.5 Å². The van der Waals surface area contributed by atoms with Crippen LogP contribution in [0.4, 0.5) is 5.69 Å². The molecule has 0 spiro atoms. The summed E-state index contributed by atoms with van der Waals surface area (Å²) in [5.74, 6) is 0. The van der Waals surface area contributed by atoms with Crippen molar-refractivity contribution in [3.05, 3.63) is 36.4 Å². The highest BCUT2D eigenvalue weighted by atomic mass is 32.2. The first-order chi connectivity index (χ1) is 10.1. The molecule has 0 amide bonds. The number of ether oxygens (including phenoxy) is 1. The summed E-state index contributed by atoms with van der Waals surface area (Å²) in [7, 11) is -3.64. The predicted octanol–water partition coefficient (Wildman–Crippen LogP) is 0.948. The number of anilines is 1. The van der Waals surface area contributed by atoms with E-state index in [0.717, 1.165) is 5.39 Å². The van der Waals surface area contributed by atoms with Crippen LogP contribution in [-0.4, -0.2) is 39.7 Å². The fourth-order valence-electron chi connectivity index (χ4n) is 2.40. The summed E-state index contributed by atoms with van der Waals surface area (Å²) >= 11 is 0. The monoisotopic (exact) mass is 307 g/mol. The Morgan fingerprint density at radius 1 is 1.05 bits per heavy atom. The zero-order valence-corrected chi connectivity index (χ0v) is 12.3. The normalized spacial score (nSPS) is 17.1. The second-order valence-corrected chi connectivity index (χ2v) is 6.52. The molecule has 3 rings (SSSR count). The van der Waals surface area contributed by atoms with Crippen molar-refractivity contribution in [1.82, 2.24) is 9.84 Å². The summed E-state index contributed by atoms with van der Waals surface area (Å²) in [5, 5.41) is 3.02. The van der Waals surface area contributed by atoms with Crippen molar-refractivity contribution in [1.29, 1.82) is 0 Å². The van der Waals surface area contributed by atoms with Gasteiger partial charge in [0, 0.05) is 29.5 Å². The molecule has 1 fully saturated rings. The van der Waals surface area contributed by atoms with E-state index in [2.05, 4.69) is 4.83 Å². The molecule has 0 atom stereocenters. The molecule has 2 aromatic carbocycles. The van der Waals surface area contributed by atoms with E-state index in [1.807, 2.05) is 12.1 Å². The Labute approximate surface area is 123 Å². The maximum absolute atomic E-state index is 12.6. The summed E-state index contributed by atoms with van der Waals surface area (Å²) in [4.78, 5) is 2.84. The topological polar surface area (TPSA) is 84.7 Å². The number of rotatable bonds is 3. The van der Waals surface area contributed by atoms with Gasteiger partial charge in [-0.05, 0) is 12.1 Å². The van der Waals surface area contributed by atoms with Gasteiger partial charge in [0.25, 0.3) is 10.0 Å². The van der Waals surface area contributed by atoms with Crippen LogP contribution >= 0.6 is 0 Å². The summed E-state index contributed by atoms with van der Waals surface area (Å²) < 4.78 is 30.4. The SMILES string of the molecule is Nc1ccc(S(=O)(=O)NN2CCOCC2)c2ccccc12. The number of hydrazine groups is 1. The quantitative estimate of drug-likeness (QED) is 0.825. The van der Waals surface area contributed by atoms with Crippen molar-refractivity contribution in [3.8, 4) is 0 Å². The lowest BCUT2D eigenvalue weighted by Gasteiger charge is -2.27. The van der Waals surface area contributed by atoms with Crippen LogP contribution < -0.4 is 10.6 Å². The molecule has 1 aliphatic rings. The van der Waals surface area contributed by atoms with Gasteiger partial charge in [0.15, 0.2) is 0 Å². The van der Waals surface area contributed by atoms with Crippen molar-refractivity contribution in [2.45, 2.75) is 4.90 Å². The van der Waals surface area contributed by atoms with Crippen molar-refractivity contribution < 1.29 is 13.2 Å². The number of sulfonamides is 1. The predicted molar refractivity (Wildman–Crippen MR) is 81.1 cm³/mol. The average Bonchev–Trinajstić information content (AvgIpc) is 2.48. The van der Waals surface area contributed by atoms with Crippen LogP contribution in [0.15, 0.2) is 41.3 Å². The summed E-state index contributed by atoms with van der Waals surface area (Å²) in [6.07, 6.45) is 0. The van der Waals surface area contributed by atoms with Crippen LogP contribution in [0.3, 0.4) is 0 Å². The largest absolute Gasteiger partial charge is 0.398 e. The van der Waals surface area contributed by atoms with Gasteiger partial charge in [-0.2, -0.15) is 0 Å². The molecule has 2 aromatic rings. The maximum Gasteiger partial charge on any atom is 0.254 e. The highest BCUT2D eigenvalue weighted by Crippen LogP contribution is 2.27. The van der Waals surface area contributed by atoms with Crippen LogP contribution in [0.25, 0.3) is 10.8 Å². The number of benzene rings is 2. The Kier molecular flexibility index (Phi) is 3.81. The Bertz CT molecular complexity index is 755. The van der Waals surface area contributed by atoms with Crippen molar-refractivity contribution in [2.75, 3.05) is 32.0 Å². The third-order valence-electron chi connectivity index (χ3n) is 3.47. The summed E-state index contributed by atoms with van der Waals surface area (Å²) in [5.41, 5.74) is 6.48. The molecule has 3 N–H and O–H groups in total. The number of hydrogen-bond acceptors (Lipinski definition) is 5. The van der Waals surface area contributed by atoms with E-state index in [1.165, 1.54) is 0 Å². The fraction of sp³-hybridized carbons (Fsp3) is 0.286. The van der Waals surface area contributed by atoms with Gasteiger partial charge in [0.05, 0.1) is 18.1 Å². The number of hydrogen-bond donors (Lipinski definition) is 2. The van der Waals surface area contributed by atoms with Gasteiger partial charge in [-0.15, -0.1) is 4.83 Å². The molecule has 1 heterocycles. The third-order valence-corrected chi connectivity index (χ3v) is 4.90. The number of nitrogens with zero attached hydrogens (tertiary/aromatic N) is 1. The van der Waals surface area contributed by atoms with Crippen LogP contribution in [0, 0.1) is 0 Å². The molecule has 112 valence electrons. The molecule has 0 radical (unpaired) electrons. The molecule has 0 unspecified atom stereocenters. The molecule has 1 saturated heterocycles. The molecule has 0 saturated carbocycles. The summed E-state index contributed by atoms with van der Waals surface area (Å²) in [6.45, 7) is 2.11. The number of fused-ring (bicyclic) bond motifs is 1. The molecular formula is C14H17N3O3S. The smallest absolute Gasteiger partial charge is 0.254 e. The number of nitrogens with one attached hydrogen (secondary N) is 1. The van der Waals surface area contributed by atoms with Gasteiger partial charge < -0.3 is 10.5 Å². The number of morpholine rings is 1. The second kappa shape index (κ2) is 5.61. The van der Waals surface area contributed by atoms with Gasteiger partial charge in [0.2, 0.25) is 0 Å². The van der Waals surface area contributed by atoms with Gasteiger partial charge in [-0.1, -0.05) is 24.3 Å². The molecule has 21 heavy (non-hydrogen) atoms. The van der Waals surface area contributed by atoms with Gasteiger partial charge in [-0.3, -0.25) is 0 Å². The second-order valence-electron chi connectivity index (χ2n) is 4.89.